The van der Waals surface area contributed by atoms with Gasteiger partial charge in [0.2, 0.25) is 0 Å². The van der Waals surface area contributed by atoms with E-state index < -0.39 is 18.0 Å². The van der Waals surface area contributed by atoms with Crippen molar-refractivity contribution in [2.24, 2.45) is 0 Å². The molecule has 1 heterocycles. The molecular weight excluding hydrogens is 444 g/mol. The molecule has 1 amide bonds. The first-order valence-corrected chi connectivity index (χ1v) is 10.4. The molecule has 0 saturated carbocycles. The zero-order valence-corrected chi connectivity index (χ0v) is 18.8. The quantitative estimate of drug-likeness (QED) is 0.221. The number of furan rings is 1. The van der Waals surface area contributed by atoms with Crippen molar-refractivity contribution in [3.8, 4) is 17.6 Å². The summed E-state index contributed by atoms with van der Waals surface area (Å²) in [5.41, 5.74) is 1.34. The monoisotopic (exact) mass is 464 g/mol. The van der Waals surface area contributed by atoms with Gasteiger partial charge in [0.15, 0.2) is 6.10 Å². The molecular formula is C25H21ClN2O5. The molecule has 1 N–H and O–H groups in total. The smallest absolute Gasteiger partial charge is 0.352 e. The molecule has 168 valence electrons. The molecule has 1 unspecified atom stereocenters. The van der Waals surface area contributed by atoms with Gasteiger partial charge in [-0.1, -0.05) is 23.7 Å². The summed E-state index contributed by atoms with van der Waals surface area (Å²) >= 11 is 5.94. The molecule has 3 rings (SSSR count). The molecule has 0 fully saturated rings. The fourth-order valence-electron chi connectivity index (χ4n) is 2.81. The minimum Gasteiger partial charge on any atom is -0.479 e. The van der Waals surface area contributed by atoms with Gasteiger partial charge in [-0.15, -0.1) is 0 Å². The second kappa shape index (κ2) is 11.0. The number of benzene rings is 2. The maximum Gasteiger partial charge on any atom is 0.352 e. The van der Waals surface area contributed by atoms with Crippen molar-refractivity contribution in [2.75, 3.05) is 0 Å². The number of aryl methyl sites for hydroxylation is 1. The summed E-state index contributed by atoms with van der Waals surface area (Å²) in [4.78, 5) is 24.6. The van der Waals surface area contributed by atoms with Crippen LogP contribution in [0.5, 0.6) is 11.5 Å². The highest BCUT2D eigenvalue weighted by Crippen LogP contribution is 2.23. The van der Waals surface area contributed by atoms with Gasteiger partial charge in [0.25, 0.3) is 5.91 Å². The Balaban J connectivity index is 1.58. The van der Waals surface area contributed by atoms with Crippen LogP contribution in [0.3, 0.4) is 0 Å². The maximum atomic E-state index is 12.4. The number of nitrogens with one attached hydrogen (secondary N) is 1. The van der Waals surface area contributed by atoms with E-state index in [1.165, 1.54) is 12.3 Å². The Morgan fingerprint density at radius 2 is 1.97 bits per heavy atom. The van der Waals surface area contributed by atoms with Crippen LogP contribution in [0.1, 0.15) is 23.8 Å². The number of esters is 1. The highest BCUT2D eigenvalue weighted by Gasteiger charge is 2.18. The van der Waals surface area contributed by atoms with Gasteiger partial charge in [0, 0.05) is 5.02 Å². The third-order valence-corrected chi connectivity index (χ3v) is 4.79. The van der Waals surface area contributed by atoms with Gasteiger partial charge in [-0.25, -0.2) is 4.79 Å². The van der Waals surface area contributed by atoms with Gasteiger partial charge >= 0.3 is 5.97 Å². The molecule has 0 aliphatic rings. The minimum atomic E-state index is -0.840. The lowest BCUT2D eigenvalue weighted by Crippen LogP contribution is -2.28. The lowest BCUT2D eigenvalue weighted by Gasteiger charge is -2.15. The average molecular weight is 465 g/mol. The molecule has 0 aliphatic carbocycles. The van der Waals surface area contributed by atoms with Crippen molar-refractivity contribution >= 4 is 29.6 Å². The number of ether oxygens (including phenoxy) is 2. The van der Waals surface area contributed by atoms with Crippen molar-refractivity contribution < 1.29 is 23.5 Å². The number of hydrogen-bond acceptors (Lipinski definition) is 6. The van der Waals surface area contributed by atoms with E-state index in [2.05, 4.69) is 5.32 Å². The summed E-state index contributed by atoms with van der Waals surface area (Å²) in [5.74, 6) is 0.340. The van der Waals surface area contributed by atoms with Gasteiger partial charge in [0.1, 0.15) is 28.9 Å². The summed E-state index contributed by atoms with van der Waals surface area (Å²) in [6.45, 7) is 3.60. The molecule has 1 aromatic heterocycles. The summed E-state index contributed by atoms with van der Waals surface area (Å²) < 4.78 is 16.2. The Morgan fingerprint density at radius 1 is 1.21 bits per heavy atom. The number of amides is 1. The average Bonchev–Trinajstić information content (AvgIpc) is 3.32. The molecule has 0 radical (unpaired) electrons. The maximum absolute atomic E-state index is 12.4. The van der Waals surface area contributed by atoms with E-state index >= 15 is 0 Å². The molecule has 0 aliphatic heterocycles. The van der Waals surface area contributed by atoms with Crippen molar-refractivity contribution in [3.63, 3.8) is 0 Å². The van der Waals surface area contributed by atoms with Gasteiger partial charge in [-0.2, -0.15) is 5.26 Å². The second-order valence-electron chi connectivity index (χ2n) is 7.09. The van der Waals surface area contributed by atoms with E-state index in [1.807, 2.05) is 13.0 Å². The third-order valence-electron chi connectivity index (χ3n) is 4.55. The lowest BCUT2D eigenvalue weighted by molar-refractivity contribution is -0.141. The van der Waals surface area contributed by atoms with Crippen molar-refractivity contribution in [2.45, 2.75) is 26.5 Å². The lowest BCUT2D eigenvalue weighted by atomic mass is 10.1. The summed E-state index contributed by atoms with van der Waals surface area (Å²) in [6.07, 6.45) is 2.10. The van der Waals surface area contributed by atoms with E-state index in [4.69, 9.17) is 25.5 Å². The van der Waals surface area contributed by atoms with Gasteiger partial charge in [0.05, 0.1) is 12.8 Å². The van der Waals surface area contributed by atoms with Gasteiger partial charge < -0.3 is 19.2 Å². The van der Waals surface area contributed by atoms with E-state index in [9.17, 15) is 14.9 Å². The topological polar surface area (TPSA) is 102 Å². The summed E-state index contributed by atoms with van der Waals surface area (Å²) in [6, 6.07) is 16.8. The zero-order chi connectivity index (χ0) is 23.8. The third kappa shape index (κ3) is 6.73. The number of halogens is 1. The SMILES string of the molecule is Cc1cc(Cl)ccc1OC(C)C(=O)Oc1ccc(/C=C(\C#N)C(=O)NCc2ccco2)cc1. The standard InChI is InChI=1S/C25H21ClN2O5/c1-16-12-20(26)7-10-23(16)32-17(2)25(30)33-21-8-5-18(6-9-21)13-19(14-27)24(29)28-15-22-4-3-11-31-22/h3-13,17H,15H2,1-2H3,(H,28,29)/b19-13+. The summed E-state index contributed by atoms with van der Waals surface area (Å²) in [5, 5.41) is 12.5. The van der Waals surface area contributed by atoms with E-state index in [0.29, 0.717) is 27.8 Å². The second-order valence-corrected chi connectivity index (χ2v) is 7.53. The van der Waals surface area contributed by atoms with Crippen LogP contribution >= 0.6 is 11.6 Å². The van der Waals surface area contributed by atoms with Crippen LogP contribution in [-0.4, -0.2) is 18.0 Å². The normalized spacial score (nSPS) is 11.9. The Kier molecular flexibility index (Phi) is 7.90. The van der Waals surface area contributed by atoms with E-state index in [-0.39, 0.29) is 12.1 Å². The van der Waals surface area contributed by atoms with Crippen LogP contribution in [0, 0.1) is 18.3 Å². The molecule has 0 saturated heterocycles. The number of nitrogens with zero attached hydrogens (tertiary/aromatic N) is 1. The highest BCUT2D eigenvalue weighted by atomic mass is 35.5. The van der Waals surface area contributed by atoms with E-state index in [0.717, 1.165) is 5.56 Å². The Labute approximate surface area is 196 Å². The number of nitriles is 1. The molecule has 1 atom stereocenters. The number of rotatable bonds is 8. The van der Waals surface area contributed by atoms with Crippen LogP contribution in [-0.2, 0) is 16.1 Å². The first-order chi connectivity index (χ1) is 15.9. The Morgan fingerprint density at radius 3 is 2.61 bits per heavy atom. The van der Waals surface area contributed by atoms with Crippen LogP contribution in [0.4, 0.5) is 0 Å². The summed E-state index contributed by atoms with van der Waals surface area (Å²) in [7, 11) is 0. The largest absolute Gasteiger partial charge is 0.479 e. The van der Waals surface area contributed by atoms with Gasteiger partial charge in [-0.3, -0.25) is 4.79 Å². The number of carbonyl (C=O) groups excluding carboxylic acids is 2. The van der Waals surface area contributed by atoms with Crippen LogP contribution in [0.2, 0.25) is 5.02 Å². The molecule has 0 bridgehead atoms. The van der Waals surface area contributed by atoms with Crippen molar-refractivity contribution in [1.29, 1.82) is 5.26 Å². The minimum absolute atomic E-state index is 0.0633. The molecule has 3 aromatic rings. The van der Waals surface area contributed by atoms with Crippen LogP contribution in [0.25, 0.3) is 6.08 Å². The van der Waals surface area contributed by atoms with Gasteiger partial charge in [-0.05, 0) is 73.5 Å². The van der Waals surface area contributed by atoms with Crippen LogP contribution < -0.4 is 14.8 Å². The van der Waals surface area contributed by atoms with Crippen molar-refractivity contribution in [1.82, 2.24) is 5.32 Å². The zero-order valence-electron chi connectivity index (χ0n) is 18.0. The number of carbonyl (C=O) groups is 2. The predicted molar refractivity (Wildman–Crippen MR) is 123 cm³/mol. The number of hydrogen-bond donors (Lipinski definition) is 1. The molecule has 0 spiro atoms. The first-order valence-electron chi connectivity index (χ1n) is 10.0. The first kappa shape index (κ1) is 23.6. The molecule has 2 aromatic carbocycles. The predicted octanol–water partition coefficient (Wildman–Crippen LogP) is 4.84. The Hall–Kier alpha value is -4.02. The molecule has 7 nitrogen and oxygen atoms in total. The Bertz CT molecular complexity index is 1190. The fourth-order valence-corrected chi connectivity index (χ4v) is 3.03. The fraction of sp³-hybridized carbons (Fsp3) is 0.160. The van der Waals surface area contributed by atoms with Crippen LogP contribution in [0.15, 0.2) is 70.9 Å². The molecule has 8 heteroatoms. The highest BCUT2D eigenvalue weighted by molar-refractivity contribution is 6.30. The molecule has 33 heavy (non-hydrogen) atoms. The van der Waals surface area contributed by atoms with E-state index in [1.54, 1.807) is 61.5 Å². The van der Waals surface area contributed by atoms with Crippen molar-refractivity contribution in [3.05, 3.63) is 88.3 Å².